The van der Waals surface area contributed by atoms with Crippen LogP contribution in [0.5, 0.6) is 0 Å². The van der Waals surface area contributed by atoms with E-state index in [2.05, 4.69) is 11.9 Å². The number of rotatable bonds is 1. The summed E-state index contributed by atoms with van der Waals surface area (Å²) in [6, 6.07) is 0. The summed E-state index contributed by atoms with van der Waals surface area (Å²) in [5, 5.41) is 0. The van der Waals surface area contributed by atoms with Crippen LogP contribution < -0.4 is 0 Å². The lowest BCUT2D eigenvalue weighted by Crippen LogP contribution is -2.13. The van der Waals surface area contributed by atoms with Gasteiger partial charge in [-0.25, -0.2) is 14.3 Å². The van der Waals surface area contributed by atoms with E-state index in [0.29, 0.717) is 12.3 Å². The molecule has 0 aliphatic heterocycles. The van der Waals surface area contributed by atoms with Gasteiger partial charge in [0.1, 0.15) is 6.33 Å². The summed E-state index contributed by atoms with van der Waals surface area (Å²) in [6.45, 7) is 5.69. The van der Waals surface area contributed by atoms with Gasteiger partial charge >= 0.3 is 6.09 Å². The number of carbonyl (C=O) groups excluding carboxylic acids is 1. The highest BCUT2D eigenvalue weighted by atomic mass is 16.5. The van der Waals surface area contributed by atoms with Gasteiger partial charge in [-0.3, -0.25) is 0 Å². The summed E-state index contributed by atoms with van der Waals surface area (Å²) in [5.74, 6) is 0. The Balaban J connectivity index is 2.76. The molecule has 1 heterocycles. The molecular formula is C7H9N2O2. The van der Waals surface area contributed by atoms with Crippen LogP contribution in [0.4, 0.5) is 4.79 Å². The van der Waals surface area contributed by atoms with Crippen LogP contribution >= 0.6 is 0 Å². The lowest BCUT2D eigenvalue weighted by Gasteiger charge is -2.01. The van der Waals surface area contributed by atoms with E-state index in [1.165, 1.54) is 17.1 Å². The lowest BCUT2D eigenvalue weighted by atomic mass is 10.5. The minimum Gasteiger partial charge on any atom is -0.449 e. The molecule has 4 nitrogen and oxygen atoms in total. The van der Waals surface area contributed by atoms with Gasteiger partial charge in [0.2, 0.25) is 0 Å². The number of ether oxygens (including phenoxy) is 1. The van der Waals surface area contributed by atoms with Crippen LogP contribution in [0.2, 0.25) is 0 Å². The third-order valence-electron chi connectivity index (χ3n) is 1.18. The molecular weight excluding hydrogens is 144 g/mol. The SMILES string of the molecule is [CH2]c1cncn1C(=O)OCC. The molecule has 0 saturated heterocycles. The topological polar surface area (TPSA) is 44.1 Å². The Kier molecular flexibility index (Phi) is 2.25. The molecule has 0 fully saturated rings. The maximum atomic E-state index is 11.0. The first-order valence-electron chi connectivity index (χ1n) is 3.27. The maximum Gasteiger partial charge on any atom is 0.419 e. The fraction of sp³-hybridized carbons (Fsp3) is 0.286. The zero-order valence-corrected chi connectivity index (χ0v) is 6.28. The van der Waals surface area contributed by atoms with E-state index >= 15 is 0 Å². The second-order valence-corrected chi connectivity index (χ2v) is 1.95. The molecule has 1 aromatic rings. The Bertz CT molecular complexity index is 255. The van der Waals surface area contributed by atoms with Crippen molar-refractivity contribution in [3.63, 3.8) is 0 Å². The molecule has 0 amide bonds. The van der Waals surface area contributed by atoms with Crippen LogP contribution in [0.1, 0.15) is 12.6 Å². The number of carbonyl (C=O) groups is 1. The van der Waals surface area contributed by atoms with Crippen molar-refractivity contribution in [2.75, 3.05) is 6.61 Å². The van der Waals surface area contributed by atoms with E-state index in [-0.39, 0.29) is 0 Å². The number of aromatic nitrogens is 2. The molecule has 4 heteroatoms. The molecule has 0 aromatic carbocycles. The highest BCUT2D eigenvalue weighted by Gasteiger charge is 2.05. The summed E-state index contributed by atoms with van der Waals surface area (Å²) in [6.07, 6.45) is 2.44. The normalized spacial score (nSPS) is 9.64. The first-order chi connectivity index (χ1) is 5.25. The van der Waals surface area contributed by atoms with Crippen LogP contribution in [-0.4, -0.2) is 22.3 Å². The van der Waals surface area contributed by atoms with E-state index in [0.717, 1.165) is 0 Å². The number of hydrogen-bond donors (Lipinski definition) is 0. The van der Waals surface area contributed by atoms with Crippen molar-refractivity contribution in [1.29, 1.82) is 0 Å². The van der Waals surface area contributed by atoms with Gasteiger partial charge in [0.25, 0.3) is 0 Å². The Morgan fingerprint density at radius 3 is 3.09 bits per heavy atom. The van der Waals surface area contributed by atoms with E-state index in [1.54, 1.807) is 6.92 Å². The highest BCUT2D eigenvalue weighted by Crippen LogP contribution is 1.97. The third-order valence-corrected chi connectivity index (χ3v) is 1.18. The smallest absolute Gasteiger partial charge is 0.419 e. The van der Waals surface area contributed by atoms with Crippen molar-refractivity contribution in [2.45, 2.75) is 6.92 Å². The highest BCUT2D eigenvalue weighted by molar-refractivity contribution is 5.71. The predicted molar refractivity (Wildman–Crippen MR) is 39.1 cm³/mol. The van der Waals surface area contributed by atoms with Crippen molar-refractivity contribution < 1.29 is 9.53 Å². The van der Waals surface area contributed by atoms with Gasteiger partial charge in [0.15, 0.2) is 0 Å². The predicted octanol–water partition coefficient (Wildman–Crippen LogP) is 1.07. The molecule has 0 aliphatic rings. The minimum absolute atomic E-state index is 0.358. The van der Waals surface area contributed by atoms with Gasteiger partial charge in [-0.1, -0.05) is 0 Å². The zero-order valence-electron chi connectivity index (χ0n) is 6.28. The van der Waals surface area contributed by atoms with E-state index in [1.807, 2.05) is 0 Å². The molecule has 1 rings (SSSR count). The first kappa shape index (κ1) is 7.78. The van der Waals surface area contributed by atoms with Gasteiger partial charge in [-0.2, -0.15) is 0 Å². The Morgan fingerprint density at radius 1 is 1.91 bits per heavy atom. The standard InChI is InChI=1S/C7H9N2O2/c1-3-11-7(10)9-5-8-4-6(9)2/h4-5H,2-3H2,1H3. The second kappa shape index (κ2) is 3.18. The van der Waals surface area contributed by atoms with Crippen LogP contribution in [0.3, 0.4) is 0 Å². The number of imidazole rings is 1. The van der Waals surface area contributed by atoms with Crippen molar-refractivity contribution in [1.82, 2.24) is 9.55 Å². The molecule has 0 N–H and O–H groups in total. The second-order valence-electron chi connectivity index (χ2n) is 1.95. The monoisotopic (exact) mass is 153 g/mol. The fourth-order valence-corrected chi connectivity index (χ4v) is 0.680. The van der Waals surface area contributed by atoms with Crippen LogP contribution in [0.25, 0.3) is 0 Å². The van der Waals surface area contributed by atoms with Gasteiger partial charge in [-0.05, 0) is 13.8 Å². The van der Waals surface area contributed by atoms with Crippen molar-refractivity contribution >= 4 is 6.09 Å². The molecule has 0 atom stereocenters. The average molecular weight is 153 g/mol. The summed E-state index contributed by atoms with van der Waals surface area (Å²) < 4.78 is 5.96. The summed E-state index contributed by atoms with van der Waals surface area (Å²) >= 11 is 0. The fourth-order valence-electron chi connectivity index (χ4n) is 0.680. The molecule has 1 aromatic heterocycles. The molecule has 59 valence electrons. The molecule has 0 unspecified atom stereocenters. The van der Waals surface area contributed by atoms with Crippen molar-refractivity contribution in [3.05, 3.63) is 25.1 Å². The van der Waals surface area contributed by atoms with Gasteiger partial charge in [-0.15, -0.1) is 0 Å². The Hall–Kier alpha value is -1.32. The van der Waals surface area contributed by atoms with E-state index in [9.17, 15) is 4.79 Å². The van der Waals surface area contributed by atoms with Gasteiger partial charge < -0.3 is 4.74 Å². The molecule has 0 aliphatic carbocycles. The van der Waals surface area contributed by atoms with E-state index < -0.39 is 6.09 Å². The Morgan fingerprint density at radius 2 is 2.64 bits per heavy atom. The average Bonchev–Trinajstić information content (AvgIpc) is 2.36. The van der Waals surface area contributed by atoms with Crippen LogP contribution in [0, 0.1) is 6.92 Å². The largest absolute Gasteiger partial charge is 0.449 e. The van der Waals surface area contributed by atoms with Gasteiger partial charge in [0.05, 0.1) is 6.61 Å². The molecule has 0 spiro atoms. The lowest BCUT2D eigenvalue weighted by molar-refractivity contribution is 0.153. The molecule has 11 heavy (non-hydrogen) atoms. The number of nitrogens with zero attached hydrogens (tertiary/aromatic N) is 2. The maximum absolute atomic E-state index is 11.0. The quantitative estimate of drug-likeness (QED) is 0.606. The van der Waals surface area contributed by atoms with Crippen LogP contribution in [0.15, 0.2) is 12.5 Å². The van der Waals surface area contributed by atoms with E-state index in [4.69, 9.17) is 4.74 Å². The third kappa shape index (κ3) is 1.58. The van der Waals surface area contributed by atoms with Crippen LogP contribution in [-0.2, 0) is 4.74 Å². The minimum atomic E-state index is -0.435. The molecule has 1 radical (unpaired) electrons. The number of hydrogen-bond acceptors (Lipinski definition) is 3. The Labute approximate surface area is 64.8 Å². The molecule has 0 bridgehead atoms. The van der Waals surface area contributed by atoms with Gasteiger partial charge in [0, 0.05) is 11.9 Å². The summed E-state index contributed by atoms with van der Waals surface area (Å²) in [7, 11) is 0. The van der Waals surface area contributed by atoms with Crippen molar-refractivity contribution in [3.8, 4) is 0 Å². The molecule has 0 saturated carbocycles. The zero-order chi connectivity index (χ0) is 8.27. The summed E-state index contributed by atoms with van der Waals surface area (Å²) in [4.78, 5) is 14.7. The van der Waals surface area contributed by atoms with Crippen molar-refractivity contribution in [2.24, 2.45) is 0 Å². The first-order valence-corrected chi connectivity index (χ1v) is 3.27. The summed E-state index contributed by atoms with van der Waals surface area (Å²) in [5.41, 5.74) is 0.531.